The molecule has 1 aliphatic rings. The van der Waals surface area contributed by atoms with Gasteiger partial charge in [0.2, 0.25) is 0 Å². The van der Waals surface area contributed by atoms with Gasteiger partial charge in [-0.2, -0.15) is 5.10 Å². The Hall–Kier alpha value is -2.86. The topological polar surface area (TPSA) is 82.7 Å². The van der Waals surface area contributed by atoms with Crippen LogP contribution in [0, 0.1) is 6.92 Å². The highest BCUT2D eigenvalue weighted by Crippen LogP contribution is 2.32. The van der Waals surface area contributed by atoms with Crippen molar-refractivity contribution in [2.45, 2.75) is 25.8 Å². The van der Waals surface area contributed by atoms with Crippen molar-refractivity contribution in [3.63, 3.8) is 0 Å². The number of fused-ring (bicyclic) bond motifs is 1. The van der Waals surface area contributed by atoms with E-state index < -0.39 is 0 Å². The van der Waals surface area contributed by atoms with Crippen LogP contribution >= 0.6 is 11.6 Å². The van der Waals surface area contributed by atoms with Crippen LogP contribution in [0.3, 0.4) is 0 Å². The zero-order valence-corrected chi connectivity index (χ0v) is 15.0. The Bertz CT molecular complexity index is 968. The van der Waals surface area contributed by atoms with Gasteiger partial charge in [-0.3, -0.25) is 5.10 Å². The molecule has 0 bridgehead atoms. The zero-order chi connectivity index (χ0) is 18.1. The van der Waals surface area contributed by atoms with Gasteiger partial charge >= 0.3 is 6.03 Å². The Labute approximate surface area is 156 Å². The molecule has 1 aliphatic carbocycles. The Morgan fingerprint density at radius 3 is 2.96 bits per heavy atom. The fraction of sp³-hybridized carbons (Fsp3) is 0.211. The first-order valence-corrected chi connectivity index (χ1v) is 8.81. The lowest BCUT2D eigenvalue weighted by atomic mass is 10.1. The molecule has 1 heterocycles. The molecule has 6 nitrogen and oxygen atoms in total. The van der Waals surface area contributed by atoms with Crippen LogP contribution in [0.4, 0.5) is 10.5 Å². The summed E-state index contributed by atoms with van der Waals surface area (Å²) in [7, 11) is 0. The maximum atomic E-state index is 12.4. The maximum Gasteiger partial charge on any atom is 0.319 e. The van der Waals surface area contributed by atoms with Crippen LogP contribution in [0.1, 0.15) is 29.4 Å². The van der Waals surface area contributed by atoms with Crippen LogP contribution in [0.15, 0.2) is 42.5 Å². The van der Waals surface area contributed by atoms with Crippen molar-refractivity contribution in [1.82, 2.24) is 20.5 Å². The summed E-state index contributed by atoms with van der Waals surface area (Å²) in [6, 6.07) is 13.0. The van der Waals surface area contributed by atoms with E-state index in [0.717, 1.165) is 34.8 Å². The number of anilines is 1. The molecule has 1 unspecified atom stereocenters. The summed E-state index contributed by atoms with van der Waals surface area (Å²) in [6.07, 6.45) is 1.79. The standard InChI is InChI=1S/C19H18ClN5O/c1-11-21-18(25-24-11)13-3-2-4-15(10-13)22-19(26)23-17-8-5-12-9-14(20)6-7-16(12)17/h2-4,6-7,9-10,17H,5,8H2,1H3,(H,21,24,25)(H2,22,23,26). The van der Waals surface area contributed by atoms with E-state index in [4.69, 9.17) is 11.6 Å². The van der Waals surface area contributed by atoms with Crippen LogP contribution < -0.4 is 10.6 Å². The van der Waals surface area contributed by atoms with Gasteiger partial charge in [0.25, 0.3) is 0 Å². The van der Waals surface area contributed by atoms with E-state index in [-0.39, 0.29) is 12.1 Å². The minimum atomic E-state index is -0.235. The number of aromatic amines is 1. The minimum Gasteiger partial charge on any atom is -0.331 e. The SMILES string of the molecule is Cc1nc(-c2cccc(NC(=O)NC3CCc4cc(Cl)ccc43)c2)n[nH]1. The molecule has 0 saturated carbocycles. The lowest BCUT2D eigenvalue weighted by molar-refractivity contribution is 0.248. The Morgan fingerprint density at radius 1 is 1.27 bits per heavy atom. The predicted molar refractivity (Wildman–Crippen MR) is 101 cm³/mol. The van der Waals surface area contributed by atoms with E-state index in [0.29, 0.717) is 11.5 Å². The molecule has 3 N–H and O–H groups in total. The third-order valence-electron chi connectivity index (χ3n) is 4.46. The number of rotatable bonds is 3. The maximum absolute atomic E-state index is 12.4. The second-order valence-electron chi connectivity index (χ2n) is 6.36. The number of hydrogen-bond acceptors (Lipinski definition) is 3. The summed E-state index contributed by atoms with van der Waals surface area (Å²) in [5.41, 5.74) is 3.86. The highest BCUT2D eigenvalue weighted by molar-refractivity contribution is 6.30. The summed E-state index contributed by atoms with van der Waals surface area (Å²) in [6.45, 7) is 1.85. The van der Waals surface area contributed by atoms with Crippen molar-refractivity contribution in [3.05, 3.63) is 64.4 Å². The van der Waals surface area contributed by atoms with Crippen LogP contribution in [0.25, 0.3) is 11.4 Å². The van der Waals surface area contributed by atoms with Gasteiger partial charge in [0, 0.05) is 16.3 Å². The molecule has 1 atom stereocenters. The fourth-order valence-electron chi connectivity index (χ4n) is 3.27. The third kappa shape index (κ3) is 3.41. The quantitative estimate of drug-likeness (QED) is 0.647. The number of nitrogens with one attached hydrogen (secondary N) is 3. The Morgan fingerprint density at radius 2 is 2.15 bits per heavy atom. The monoisotopic (exact) mass is 367 g/mol. The molecule has 7 heteroatoms. The molecule has 0 fully saturated rings. The largest absolute Gasteiger partial charge is 0.331 e. The molecule has 2 amide bonds. The molecule has 3 aromatic rings. The van der Waals surface area contributed by atoms with E-state index in [2.05, 4.69) is 25.8 Å². The molecule has 0 saturated heterocycles. The number of carbonyl (C=O) groups is 1. The number of benzene rings is 2. The van der Waals surface area contributed by atoms with Crippen molar-refractivity contribution in [2.75, 3.05) is 5.32 Å². The summed E-state index contributed by atoms with van der Waals surface area (Å²) in [4.78, 5) is 16.7. The second kappa shape index (κ2) is 6.80. The molecule has 26 heavy (non-hydrogen) atoms. The van der Waals surface area contributed by atoms with Crippen molar-refractivity contribution in [1.29, 1.82) is 0 Å². The molecule has 1 aromatic heterocycles. The van der Waals surface area contributed by atoms with Gasteiger partial charge in [0.1, 0.15) is 5.82 Å². The van der Waals surface area contributed by atoms with Crippen molar-refractivity contribution in [3.8, 4) is 11.4 Å². The smallest absolute Gasteiger partial charge is 0.319 e. The molecular formula is C19H18ClN5O. The van der Waals surface area contributed by atoms with E-state index >= 15 is 0 Å². The molecule has 132 valence electrons. The highest BCUT2D eigenvalue weighted by Gasteiger charge is 2.24. The normalized spacial score (nSPS) is 15.5. The second-order valence-corrected chi connectivity index (χ2v) is 6.79. The number of carbonyl (C=O) groups excluding carboxylic acids is 1. The van der Waals surface area contributed by atoms with Gasteiger partial charge in [-0.25, -0.2) is 9.78 Å². The first-order valence-electron chi connectivity index (χ1n) is 8.44. The van der Waals surface area contributed by atoms with Gasteiger partial charge < -0.3 is 10.6 Å². The van der Waals surface area contributed by atoms with Gasteiger partial charge in [-0.15, -0.1) is 0 Å². The molecule has 2 aromatic carbocycles. The van der Waals surface area contributed by atoms with Crippen molar-refractivity contribution < 1.29 is 4.79 Å². The van der Waals surface area contributed by atoms with Crippen LogP contribution in [-0.4, -0.2) is 21.2 Å². The number of urea groups is 1. The van der Waals surface area contributed by atoms with Gasteiger partial charge in [-0.1, -0.05) is 29.8 Å². The average Bonchev–Trinajstić information content (AvgIpc) is 3.21. The summed E-state index contributed by atoms with van der Waals surface area (Å²) in [5, 5.41) is 13.6. The van der Waals surface area contributed by atoms with Gasteiger partial charge in [-0.05, 0) is 55.2 Å². The molecule has 0 radical (unpaired) electrons. The number of amides is 2. The summed E-state index contributed by atoms with van der Waals surface area (Å²) in [5.74, 6) is 1.35. The number of aryl methyl sites for hydroxylation is 2. The van der Waals surface area contributed by atoms with Crippen LogP contribution in [0.2, 0.25) is 5.02 Å². The fourth-order valence-corrected chi connectivity index (χ4v) is 3.46. The highest BCUT2D eigenvalue weighted by atomic mass is 35.5. The van der Waals surface area contributed by atoms with Crippen LogP contribution in [-0.2, 0) is 6.42 Å². The number of halogens is 1. The lowest BCUT2D eigenvalue weighted by Gasteiger charge is -2.15. The summed E-state index contributed by atoms with van der Waals surface area (Å²) < 4.78 is 0. The number of H-pyrrole nitrogens is 1. The summed E-state index contributed by atoms with van der Waals surface area (Å²) >= 11 is 6.04. The average molecular weight is 368 g/mol. The van der Waals surface area contributed by atoms with E-state index in [1.54, 1.807) is 0 Å². The lowest BCUT2D eigenvalue weighted by Crippen LogP contribution is -2.31. The Balaban J connectivity index is 1.45. The van der Waals surface area contributed by atoms with E-state index in [1.807, 2.05) is 49.4 Å². The third-order valence-corrected chi connectivity index (χ3v) is 4.70. The first kappa shape index (κ1) is 16.6. The number of aromatic nitrogens is 3. The van der Waals surface area contributed by atoms with Crippen LogP contribution in [0.5, 0.6) is 0 Å². The number of hydrogen-bond donors (Lipinski definition) is 3. The molecule has 0 aliphatic heterocycles. The number of nitrogens with zero attached hydrogens (tertiary/aromatic N) is 2. The first-order chi connectivity index (χ1) is 12.6. The molecule has 0 spiro atoms. The Kier molecular flexibility index (Phi) is 4.34. The zero-order valence-electron chi connectivity index (χ0n) is 14.2. The van der Waals surface area contributed by atoms with Crippen molar-refractivity contribution in [2.24, 2.45) is 0 Å². The van der Waals surface area contributed by atoms with Crippen molar-refractivity contribution >= 4 is 23.3 Å². The predicted octanol–water partition coefficient (Wildman–Crippen LogP) is 4.24. The van der Waals surface area contributed by atoms with Gasteiger partial charge in [0.15, 0.2) is 5.82 Å². The van der Waals surface area contributed by atoms with Gasteiger partial charge in [0.05, 0.1) is 6.04 Å². The van der Waals surface area contributed by atoms with E-state index in [1.165, 1.54) is 5.56 Å². The molecule has 4 rings (SSSR count). The van der Waals surface area contributed by atoms with E-state index in [9.17, 15) is 4.79 Å². The molecular weight excluding hydrogens is 350 g/mol. The minimum absolute atomic E-state index is 0.00102.